The summed E-state index contributed by atoms with van der Waals surface area (Å²) in [7, 11) is 0. The number of nitrogens with two attached hydrogens (primary N) is 1. The van der Waals surface area contributed by atoms with E-state index in [1.54, 1.807) is 0 Å². The second kappa shape index (κ2) is 3.38. The van der Waals surface area contributed by atoms with Crippen LogP contribution in [0.15, 0.2) is 18.2 Å². The molecule has 0 aromatic heterocycles. The minimum absolute atomic E-state index is 0.392. The van der Waals surface area contributed by atoms with E-state index in [9.17, 15) is 5.11 Å². The average Bonchev–Trinajstić information content (AvgIpc) is 2.91. The van der Waals surface area contributed by atoms with Crippen molar-refractivity contribution >= 4 is 28.3 Å². The zero-order valence-electron chi connectivity index (χ0n) is 8.13. The Hall–Kier alpha value is -0.290. The highest BCUT2D eigenvalue weighted by Crippen LogP contribution is 2.47. The molecule has 3 heteroatoms. The van der Waals surface area contributed by atoms with Crippen LogP contribution in [0.4, 0.5) is 5.69 Å². The fourth-order valence-corrected chi connectivity index (χ4v) is 2.32. The Morgan fingerprint density at radius 3 is 2.71 bits per heavy atom. The van der Waals surface area contributed by atoms with Gasteiger partial charge in [0.25, 0.3) is 0 Å². The number of hydrogen-bond donors (Lipinski definition) is 2. The van der Waals surface area contributed by atoms with Gasteiger partial charge in [-0.15, -0.1) is 0 Å². The molecule has 1 unspecified atom stereocenters. The predicted octanol–water partition coefficient (Wildman–Crippen LogP) is 2.49. The van der Waals surface area contributed by atoms with Gasteiger partial charge in [-0.25, -0.2) is 0 Å². The Morgan fingerprint density at radius 2 is 2.14 bits per heavy atom. The molecule has 1 atom stereocenters. The normalized spacial score (nSPS) is 20.5. The topological polar surface area (TPSA) is 46.2 Å². The van der Waals surface area contributed by atoms with E-state index < -0.39 is 5.60 Å². The quantitative estimate of drug-likeness (QED) is 0.651. The van der Waals surface area contributed by atoms with Gasteiger partial charge < -0.3 is 10.8 Å². The minimum Gasteiger partial charge on any atom is -0.398 e. The average molecular weight is 303 g/mol. The summed E-state index contributed by atoms with van der Waals surface area (Å²) >= 11 is 2.24. The molecule has 2 rings (SSSR count). The zero-order valence-corrected chi connectivity index (χ0v) is 10.3. The third kappa shape index (κ3) is 1.75. The molecule has 0 saturated heterocycles. The second-order valence-corrected chi connectivity index (χ2v) is 5.40. The molecule has 0 spiro atoms. The van der Waals surface area contributed by atoms with Crippen molar-refractivity contribution in [1.82, 2.24) is 0 Å². The summed E-state index contributed by atoms with van der Waals surface area (Å²) in [5.74, 6) is 0.392. The Bertz CT molecular complexity index is 358. The van der Waals surface area contributed by atoms with Gasteiger partial charge in [-0.05, 0) is 66.5 Å². The molecular formula is C11H14INO. The first-order chi connectivity index (χ1) is 6.51. The monoisotopic (exact) mass is 303 g/mol. The lowest BCUT2D eigenvalue weighted by Crippen LogP contribution is -2.25. The van der Waals surface area contributed by atoms with Gasteiger partial charge in [0.2, 0.25) is 0 Å². The molecule has 0 radical (unpaired) electrons. The maximum absolute atomic E-state index is 10.3. The minimum atomic E-state index is -0.745. The van der Waals surface area contributed by atoms with Crippen LogP contribution in [0.3, 0.4) is 0 Å². The lowest BCUT2D eigenvalue weighted by atomic mass is 9.90. The standard InChI is InChI=1S/C11H14INO/c1-11(14,7-2-3-7)9-6-8(12)4-5-10(9)13/h4-7,14H,2-3,13H2,1H3. The summed E-state index contributed by atoms with van der Waals surface area (Å²) in [6, 6.07) is 5.81. The van der Waals surface area contributed by atoms with Gasteiger partial charge in [0.15, 0.2) is 0 Å². The highest BCUT2D eigenvalue weighted by atomic mass is 127. The van der Waals surface area contributed by atoms with Crippen LogP contribution in [-0.4, -0.2) is 5.11 Å². The zero-order chi connectivity index (χ0) is 10.3. The van der Waals surface area contributed by atoms with Crippen LogP contribution < -0.4 is 5.73 Å². The summed E-state index contributed by atoms with van der Waals surface area (Å²) in [5, 5.41) is 10.3. The number of hydrogen-bond acceptors (Lipinski definition) is 2. The van der Waals surface area contributed by atoms with E-state index in [1.165, 1.54) is 0 Å². The molecule has 0 amide bonds. The van der Waals surface area contributed by atoms with Crippen LogP contribution in [0.25, 0.3) is 0 Å². The molecule has 1 aliphatic carbocycles. The lowest BCUT2D eigenvalue weighted by molar-refractivity contribution is 0.0338. The van der Waals surface area contributed by atoms with Crippen molar-refractivity contribution in [2.45, 2.75) is 25.4 Å². The summed E-state index contributed by atoms with van der Waals surface area (Å²) in [4.78, 5) is 0. The van der Waals surface area contributed by atoms with E-state index in [2.05, 4.69) is 22.6 Å². The van der Waals surface area contributed by atoms with E-state index in [0.717, 1.165) is 22.0 Å². The molecule has 0 heterocycles. The van der Waals surface area contributed by atoms with Gasteiger partial charge >= 0.3 is 0 Å². The lowest BCUT2D eigenvalue weighted by Gasteiger charge is -2.25. The summed E-state index contributed by atoms with van der Waals surface area (Å²) in [6.45, 7) is 1.87. The van der Waals surface area contributed by atoms with Gasteiger partial charge in [-0.3, -0.25) is 0 Å². The second-order valence-electron chi connectivity index (χ2n) is 4.15. The molecule has 0 aliphatic heterocycles. The van der Waals surface area contributed by atoms with Gasteiger partial charge in [-0.2, -0.15) is 0 Å². The van der Waals surface area contributed by atoms with E-state index in [-0.39, 0.29) is 0 Å². The Balaban J connectivity index is 2.43. The molecule has 2 nitrogen and oxygen atoms in total. The van der Waals surface area contributed by atoms with Crippen molar-refractivity contribution in [2.24, 2.45) is 5.92 Å². The van der Waals surface area contributed by atoms with Crippen molar-refractivity contribution in [3.05, 3.63) is 27.3 Å². The number of anilines is 1. The van der Waals surface area contributed by atoms with E-state index in [1.807, 2.05) is 25.1 Å². The fraction of sp³-hybridized carbons (Fsp3) is 0.455. The van der Waals surface area contributed by atoms with Gasteiger partial charge in [-0.1, -0.05) is 0 Å². The predicted molar refractivity (Wildman–Crippen MR) is 65.9 cm³/mol. The number of halogens is 1. The SMILES string of the molecule is CC(O)(c1cc(I)ccc1N)C1CC1. The Labute approximate surface area is 97.6 Å². The molecule has 1 aliphatic rings. The van der Waals surface area contributed by atoms with E-state index in [4.69, 9.17) is 5.73 Å². The molecule has 3 N–H and O–H groups in total. The van der Waals surface area contributed by atoms with Crippen LogP contribution in [0.2, 0.25) is 0 Å². The van der Waals surface area contributed by atoms with Gasteiger partial charge in [0.05, 0.1) is 5.60 Å². The number of nitrogen functional groups attached to an aromatic ring is 1. The first-order valence-electron chi connectivity index (χ1n) is 4.79. The summed E-state index contributed by atoms with van der Waals surface area (Å²) < 4.78 is 1.12. The fourth-order valence-electron chi connectivity index (χ4n) is 1.83. The summed E-state index contributed by atoms with van der Waals surface area (Å²) in [5.41, 5.74) is 6.71. The van der Waals surface area contributed by atoms with Gasteiger partial charge in [0.1, 0.15) is 0 Å². The van der Waals surface area contributed by atoms with Crippen molar-refractivity contribution in [2.75, 3.05) is 5.73 Å². The molecule has 1 saturated carbocycles. The van der Waals surface area contributed by atoms with Crippen LogP contribution >= 0.6 is 22.6 Å². The van der Waals surface area contributed by atoms with Gasteiger partial charge in [0, 0.05) is 14.8 Å². The largest absolute Gasteiger partial charge is 0.398 e. The van der Waals surface area contributed by atoms with Crippen LogP contribution in [0.5, 0.6) is 0 Å². The molecule has 1 fully saturated rings. The first-order valence-corrected chi connectivity index (χ1v) is 5.87. The van der Waals surface area contributed by atoms with Crippen LogP contribution in [0, 0.1) is 9.49 Å². The van der Waals surface area contributed by atoms with E-state index in [0.29, 0.717) is 11.6 Å². The Kier molecular flexibility index (Phi) is 2.47. The maximum atomic E-state index is 10.3. The van der Waals surface area contributed by atoms with Crippen LogP contribution in [-0.2, 0) is 5.60 Å². The van der Waals surface area contributed by atoms with Crippen LogP contribution in [0.1, 0.15) is 25.3 Å². The molecule has 14 heavy (non-hydrogen) atoms. The molecular weight excluding hydrogens is 289 g/mol. The van der Waals surface area contributed by atoms with E-state index >= 15 is 0 Å². The Morgan fingerprint density at radius 1 is 1.50 bits per heavy atom. The molecule has 0 bridgehead atoms. The first kappa shape index (κ1) is 10.2. The number of aliphatic hydroxyl groups is 1. The molecule has 76 valence electrons. The highest BCUT2D eigenvalue weighted by molar-refractivity contribution is 14.1. The third-order valence-electron chi connectivity index (χ3n) is 2.93. The molecule has 1 aromatic rings. The number of rotatable bonds is 2. The summed E-state index contributed by atoms with van der Waals surface area (Å²) in [6.07, 6.45) is 2.22. The third-order valence-corrected chi connectivity index (χ3v) is 3.60. The van der Waals surface area contributed by atoms with Crippen molar-refractivity contribution in [3.8, 4) is 0 Å². The van der Waals surface area contributed by atoms with Crippen molar-refractivity contribution < 1.29 is 5.11 Å². The molecule has 1 aromatic carbocycles. The maximum Gasteiger partial charge on any atom is 0.0916 e. The highest BCUT2D eigenvalue weighted by Gasteiger charge is 2.42. The number of benzene rings is 1. The smallest absolute Gasteiger partial charge is 0.0916 e. The van der Waals surface area contributed by atoms with Crippen molar-refractivity contribution in [1.29, 1.82) is 0 Å². The van der Waals surface area contributed by atoms with Crippen molar-refractivity contribution in [3.63, 3.8) is 0 Å².